The van der Waals surface area contributed by atoms with E-state index in [1.54, 1.807) is 26.1 Å². The lowest BCUT2D eigenvalue weighted by atomic mass is 9.89. The molecule has 0 radical (unpaired) electrons. The Balaban J connectivity index is 1.80. The van der Waals surface area contributed by atoms with Crippen LogP contribution in [0.25, 0.3) is 0 Å². The molecule has 4 nitrogen and oxygen atoms in total. The van der Waals surface area contributed by atoms with Crippen molar-refractivity contribution in [2.24, 2.45) is 5.92 Å². The summed E-state index contributed by atoms with van der Waals surface area (Å²) in [6.07, 6.45) is 1.75. The molecule has 1 atom stereocenters. The Hall–Kier alpha value is -2.49. The molecule has 3 rings (SSSR count). The van der Waals surface area contributed by atoms with Gasteiger partial charge in [-0.2, -0.15) is 0 Å². The molecule has 1 unspecified atom stereocenters. The molecule has 0 aromatic heterocycles. The third-order valence-corrected chi connectivity index (χ3v) is 4.41. The number of hydrogen-bond acceptors (Lipinski definition) is 3. The number of nitrogens with zero attached hydrogens (tertiary/aromatic N) is 1. The van der Waals surface area contributed by atoms with Crippen LogP contribution in [0.5, 0.6) is 11.5 Å². The second kappa shape index (κ2) is 6.95. The van der Waals surface area contributed by atoms with Crippen molar-refractivity contribution in [3.8, 4) is 11.5 Å². The molecule has 2 aromatic carbocycles. The molecular formula is C20H23NO3. The van der Waals surface area contributed by atoms with Crippen molar-refractivity contribution in [2.75, 3.05) is 27.8 Å². The topological polar surface area (TPSA) is 38.8 Å². The lowest BCUT2D eigenvalue weighted by Gasteiger charge is -2.27. The average Bonchev–Trinajstić information content (AvgIpc) is 2.60. The molecule has 1 amide bonds. The van der Waals surface area contributed by atoms with E-state index in [-0.39, 0.29) is 5.91 Å². The van der Waals surface area contributed by atoms with Gasteiger partial charge in [-0.05, 0) is 36.1 Å². The van der Waals surface area contributed by atoms with Gasteiger partial charge >= 0.3 is 0 Å². The molecular weight excluding hydrogens is 302 g/mol. The van der Waals surface area contributed by atoms with E-state index in [1.165, 1.54) is 5.56 Å². The Morgan fingerprint density at radius 2 is 2.00 bits per heavy atom. The molecule has 1 aliphatic rings. The molecule has 0 N–H and O–H groups in total. The number of methoxy groups -OCH3 is 1. The van der Waals surface area contributed by atoms with Crippen LogP contribution in [0.2, 0.25) is 0 Å². The number of carbonyl (C=O) groups excluding carboxylic acids is 1. The number of carbonyl (C=O) groups is 1. The molecule has 2 aromatic rings. The van der Waals surface area contributed by atoms with Crippen LogP contribution in [-0.4, -0.2) is 38.6 Å². The van der Waals surface area contributed by atoms with Crippen LogP contribution in [-0.2, 0) is 12.8 Å². The van der Waals surface area contributed by atoms with Crippen molar-refractivity contribution in [1.82, 2.24) is 4.90 Å². The van der Waals surface area contributed by atoms with Crippen LogP contribution in [0.1, 0.15) is 21.5 Å². The number of amides is 1. The van der Waals surface area contributed by atoms with Crippen LogP contribution in [0.15, 0.2) is 42.5 Å². The van der Waals surface area contributed by atoms with Gasteiger partial charge in [0.05, 0.1) is 13.7 Å². The minimum Gasteiger partial charge on any atom is -0.493 e. The molecule has 126 valence electrons. The minimum absolute atomic E-state index is 0.0457. The zero-order chi connectivity index (χ0) is 17.1. The summed E-state index contributed by atoms with van der Waals surface area (Å²) < 4.78 is 11.3. The van der Waals surface area contributed by atoms with E-state index in [0.29, 0.717) is 12.5 Å². The second-order valence-electron chi connectivity index (χ2n) is 6.39. The molecule has 24 heavy (non-hydrogen) atoms. The summed E-state index contributed by atoms with van der Waals surface area (Å²) in [5.74, 6) is 2.04. The van der Waals surface area contributed by atoms with E-state index in [1.807, 2.05) is 36.4 Å². The van der Waals surface area contributed by atoms with E-state index in [0.717, 1.165) is 35.5 Å². The van der Waals surface area contributed by atoms with Crippen LogP contribution in [0.3, 0.4) is 0 Å². The Morgan fingerprint density at radius 1 is 1.21 bits per heavy atom. The Bertz CT molecular complexity index is 739. The van der Waals surface area contributed by atoms with Crippen molar-refractivity contribution in [3.63, 3.8) is 0 Å². The maximum Gasteiger partial charge on any atom is 0.253 e. The maximum absolute atomic E-state index is 12.4. The molecule has 0 fully saturated rings. The van der Waals surface area contributed by atoms with Gasteiger partial charge < -0.3 is 14.4 Å². The maximum atomic E-state index is 12.4. The molecule has 0 saturated heterocycles. The highest BCUT2D eigenvalue weighted by Gasteiger charge is 2.24. The summed E-state index contributed by atoms with van der Waals surface area (Å²) in [7, 11) is 5.23. The van der Waals surface area contributed by atoms with Crippen LogP contribution in [0, 0.1) is 5.92 Å². The predicted octanol–water partition coefficient (Wildman–Crippen LogP) is 3.19. The zero-order valence-electron chi connectivity index (χ0n) is 14.4. The fraction of sp³-hybridized carbons (Fsp3) is 0.350. The van der Waals surface area contributed by atoms with Gasteiger partial charge in [0.15, 0.2) is 11.5 Å². The highest BCUT2D eigenvalue weighted by Crippen LogP contribution is 2.36. The van der Waals surface area contributed by atoms with E-state index in [2.05, 4.69) is 6.07 Å². The summed E-state index contributed by atoms with van der Waals surface area (Å²) >= 11 is 0. The first-order chi connectivity index (χ1) is 11.6. The SMILES string of the molecule is COc1cccc2c1OCC(Cc1ccccc1C(=O)N(C)C)C2. The summed E-state index contributed by atoms with van der Waals surface area (Å²) in [6.45, 7) is 0.637. The van der Waals surface area contributed by atoms with Gasteiger partial charge in [-0.15, -0.1) is 0 Å². The second-order valence-corrected chi connectivity index (χ2v) is 6.39. The molecule has 0 aliphatic carbocycles. The third kappa shape index (κ3) is 3.23. The van der Waals surface area contributed by atoms with Crippen molar-refractivity contribution in [1.29, 1.82) is 0 Å². The van der Waals surface area contributed by atoms with Crippen LogP contribution in [0.4, 0.5) is 0 Å². The molecule has 0 saturated carbocycles. The minimum atomic E-state index is 0.0457. The lowest BCUT2D eigenvalue weighted by molar-refractivity contribution is 0.0826. The van der Waals surface area contributed by atoms with Crippen LogP contribution >= 0.6 is 0 Å². The fourth-order valence-corrected chi connectivity index (χ4v) is 3.21. The normalized spacial score (nSPS) is 16.0. The predicted molar refractivity (Wildman–Crippen MR) is 93.8 cm³/mol. The van der Waals surface area contributed by atoms with Crippen molar-refractivity contribution < 1.29 is 14.3 Å². The van der Waals surface area contributed by atoms with Gasteiger partial charge in [0.25, 0.3) is 5.91 Å². The van der Waals surface area contributed by atoms with Gasteiger partial charge in [-0.25, -0.2) is 0 Å². The number of hydrogen-bond donors (Lipinski definition) is 0. The summed E-state index contributed by atoms with van der Waals surface area (Å²) in [5.41, 5.74) is 3.03. The largest absolute Gasteiger partial charge is 0.493 e. The fourth-order valence-electron chi connectivity index (χ4n) is 3.21. The van der Waals surface area contributed by atoms with Crippen molar-refractivity contribution in [2.45, 2.75) is 12.8 Å². The Kier molecular flexibility index (Phi) is 4.74. The number of rotatable bonds is 4. The van der Waals surface area contributed by atoms with Crippen molar-refractivity contribution in [3.05, 3.63) is 59.2 Å². The highest BCUT2D eigenvalue weighted by molar-refractivity contribution is 5.95. The first-order valence-corrected chi connectivity index (χ1v) is 8.18. The quantitative estimate of drug-likeness (QED) is 0.866. The lowest BCUT2D eigenvalue weighted by Crippen LogP contribution is -2.26. The number of para-hydroxylation sites is 1. The molecule has 0 bridgehead atoms. The zero-order valence-corrected chi connectivity index (χ0v) is 14.4. The molecule has 1 aliphatic heterocycles. The molecule has 0 spiro atoms. The summed E-state index contributed by atoms with van der Waals surface area (Å²) in [6, 6.07) is 13.8. The summed E-state index contributed by atoms with van der Waals surface area (Å²) in [5, 5.41) is 0. The van der Waals surface area contributed by atoms with Crippen molar-refractivity contribution >= 4 is 5.91 Å². The standard InChI is InChI=1S/C20H23NO3/c1-21(2)20(22)17-9-5-4-7-15(17)11-14-12-16-8-6-10-18(23-3)19(16)24-13-14/h4-10,14H,11-13H2,1-3H3. The van der Waals surface area contributed by atoms with Gasteiger partial charge in [0, 0.05) is 25.6 Å². The number of benzene rings is 2. The van der Waals surface area contributed by atoms with E-state index >= 15 is 0 Å². The smallest absolute Gasteiger partial charge is 0.253 e. The van der Waals surface area contributed by atoms with Gasteiger partial charge in [0.2, 0.25) is 0 Å². The van der Waals surface area contributed by atoms with Gasteiger partial charge in [-0.3, -0.25) is 4.79 Å². The molecule has 4 heteroatoms. The van der Waals surface area contributed by atoms with Gasteiger partial charge in [0.1, 0.15) is 0 Å². The summed E-state index contributed by atoms with van der Waals surface area (Å²) in [4.78, 5) is 14.0. The monoisotopic (exact) mass is 325 g/mol. The Labute approximate surface area is 143 Å². The Morgan fingerprint density at radius 3 is 2.75 bits per heavy atom. The first kappa shape index (κ1) is 16.4. The van der Waals surface area contributed by atoms with Gasteiger partial charge in [-0.1, -0.05) is 30.3 Å². The number of fused-ring (bicyclic) bond motifs is 1. The molecule has 1 heterocycles. The van der Waals surface area contributed by atoms with E-state index in [4.69, 9.17) is 9.47 Å². The first-order valence-electron chi connectivity index (χ1n) is 8.18. The third-order valence-electron chi connectivity index (χ3n) is 4.41. The van der Waals surface area contributed by atoms with Crippen LogP contribution < -0.4 is 9.47 Å². The van der Waals surface area contributed by atoms with E-state index < -0.39 is 0 Å². The van der Waals surface area contributed by atoms with E-state index in [9.17, 15) is 4.79 Å². The highest BCUT2D eigenvalue weighted by atomic mass is 16.5. The number of ether oxygens (including phenoxy) is 2. The average molecular weight is 325 g/mol.